The third-order valence-corrected chi connectivity index (χ3v) is 4.86. The minimum absolute atomic E-state index is 0.180. The molecular weight excluding hydrogens is 544 g/mol. The molecule has 0 heterocycles. The third kappa shape index (κ3) is 7.15. The molecule has 2 aromatic carbocycles. The molecule has 0 saturated carbocycles. The van der Waals surface area contributed by atoms with Crippen molar-refractivity contribution in [3.05, 3.63) is 57.7 Å². The summed E-state index contributed by atoms with van der Waals surface area (Å²) in [5, 5.41) is 8.58. The smallest absolute Gasteiger partial charge is 0.253 e. The molecular formula is C17H15Cl3IN3O2S. The zero-order valence-corrected chi connectivity index (χ0v) is 19.2. The number of rotatable bonds is 5. The monoisotopic (exact) mass is 557 g/mol. The Hall–Kier alpha value is -1.000. The van der Waals surface area contributed by atoms with E-state index in [0.717, 1.165) is 3.57 Å². The van der Waals surface area contributed by atoms with Gasteiger partial charge in [0.1, 0.15) is 11.9 Å². The van der Waals surface area contributed by atoms with Crippen LogP contribution >= 0.6 is 69.6 Å². The molecule has 0 spiro atoms. The van der Waals surface area contributed by atoms with Crippen LogP contribution in [0.1, 0.15) is 10.4 Å². The fraction of sp³-hybridized carbons (Fsp3) is 0.176. The van der Waals surface area contributed by atoms with Gasteiger partial charge in [-0.3, -0.25) is 4.79 Å². The molecule has 0 aliphatic heterocycles. The van der Waals surface area contributed by atoms with Crippen molar-refractivity contribution in [1.29, 1.82) is 0 Å². The minimum atomic E-state index is -1.83. The van der Waals surface area contributed by atoms with Crippen LogP contribution in [0, 0.1) is 3.57 Å². The molecule has 0 aliphatic carbocycles. The molecule has 1 atom stereocenters. The van der Waals surface area contributed by atoms with Crippen LogP contribution in [0.4, 0.5) is 5.69 Å². The Kier molecular flexibility index (Phi) is 8.23. The van der Waals surface area contributed by atoms with E-state index < -0.39 is 15.9 Å². The Morgan fingerprint density at radius 2 is 1.81 bits per heavy atom. The summed E-state index contributed by atoms with van der Waals surface area (Å²) in [5.41, 5.74) is 1.15. The van der Waals surface area contributed by atoms with Crippen LogP contribution in [0.2, 0.25) is 0 Å². The maximum atomic E-state index is 12.5. The molecule has 0 unspecified atom stereocenters. The quantitative estimate of drug-likeness (QED) is 0.215. The van der Waals surface area contributed by atoms with Crippen molar-refractivity contribution in [3.63, 3.8) is 0 Å². The van der Waals surface area contributed by atoms with Gasteiger partial charge in [-0.25, -0.2) is 0 Å². The van der Waals surface area contributed by atoms with Crippen LogP contribution in [0.3, 0.4) is 0 Å². The van der Waals surface area contributed by atoms with Gasteiger partial charge >= 0.3 is 0 Å². The number of alkyl halides is 3. The summed E-state index contributed by atoms with van der Waals surface area (Å²) in [6.07, 6.45) is -1.05. The fourth-order valence-corrected chi connectivity index (χ4v) is 3.12. The second-order valence-electron chi connectivity index (χ2n) is 5.29. The van der Waals surface area contributed by atoms with Crippen molar-refractivity contribution in [1.82, 2.24) is 10.6 Å². The molecule has 2 rings (SSSR count). The van der Waals surface area contributed by atoms with Crippen LogP contribution in [0.25, 0.3) is 0 Å². The maximum Gasteiger partial charge on any atom is 0.253 e. The summed E-state index contributed by atoms with van der Waals surface area (Å²) in [4.78, 5) is 12.5. The first-order valence-corrected chi connectivity index (χ1v) is 10.2. The van der Waals surface area contributed by atoms with E-state index in [1.807, 2.05) is 6.07 Å². The standard InChI is InChI=1S/C17H15Cl3IN3O2S/c1-26-13-7-5-12(6-8-13)22-16(27)24-15(17(18,19)20)23-14(25)10-3-2-4-11(21)9-10/h2-9,15H,1H3,(H,23,25)(H2,22,24,27)/t15-/m0/s1. The van der Waals surface area contributed by atoms with Crippen molar-refractivity contribution in [3.8, 4) is 5.75 Å². The van der Waals surface area contributed by atoms with Gasteiger partial charge in [-0.15, -0.1) is 0 Å². The number of amides is 1. The topological polar surface area (TPSA) is 62.4 Å². The molecule has 0 aliphatic rings. The number of carbonyl (C=O) groups is 1. The first-order valence-electron chi connectivity index (χ1n) is 7.54. The molecule has 144 valence electrons. The van der Waals surface area contributed by atoms with Crippen molar-refractivity contribution < 1.29 is 9.53 Å². The number of hydrogen-bond acceptors (Lipinski definition) is 3. The van der Waals surface area contributed by atoms with Gasteiger partial charge in [-0.1, -0.05) is 40.9 Å². The van der Waals surface area contributed by atoms with E-state index in [-0.39, 0.29) is 5.11 Å². The third-order valence-electron chi connectivity index (χ3n) is 3.31. The van der Waals surface area contributed by atoms with Gasteiger partial charge in [-0.05, 0) is 77.3 Å². The Morgan fingerprint density at radius 3 is 2.37 bits per heavy atom. The summed E-state index contributed by atoms with van der Waals surface area (Å²) < 4.78 is 4.18. The lowest BCUT2D eigenvalue weighted by Crippen LogP contribution is -2.56. The second kappa shape index (κ2) is 9.97. The highest BCUT2D eigenvalue weighted by molar-refractivity contribution is 14.1. The van der Waals surface area contributed by atoms with Crippen molar-refractivity contribution in [2.24, 2.45) is 0 Å². The number of methoxy groups -OCH3 is 1. The Labute approximate surface area is 191 Å². The van der Waals surface area contributed by atoms with Crippen molar-refractivity contribution in [2.45, 2.75) is 9.96 Å². The lowest BCUT2D eigenvalue weighted by Gasteiger charge is -2.27. The highest BCUT2D eigenvalue weighted by Crippen LogP contribution is 2.29. The van der Waals surface area contributed by atoms with E-state index in [1.54, 1.807) is 49.6 Å². The number of ether oxygens (including phenoxy) is 1. The van der Waals surface area contributed by atoms with Gasteiger partial charge in [0.2, 0.25) is 3.79 Å². The first kappa shape index (κ1) is 22.3. The number of nitrogens with one attached hydrogen (secondary N) is 3. The van der Waals surface area contributed by atoms with Crippen LogP contribution in [-0.4, -0.2) is 28.1 Å². The average Bonchev–Trinajstić information content (AvgIpc) is 2.61. The largest absolute Gasteiger partial charge is 0.497 e. The van der Waals surface area contributed by atoms with E-state index in [4.69, 9.17) is 51.8 Å². The van der Waals surface area contributed by atoms with Crippen LogP contribution in [0.5, 0.6) is 5.75 Å². The van der Waals surface area contributed by atoms with Gasteiger partial charge in [0.25, 0.3) is 5.91 Å². The molecule has 27 heavy (non-hydrogen) atoms. The SMILES string of the molecule is COc1ccc(NC(=S)N[C@H](NC(=O)c2cccc(I)c2)C(Cl)(Cl)Cl)cc1. The number of anilines is 1. The number of halogens is 4. The summed E-state index contributed by atoms with van der Waals surface area (Å²) in [6, 6.07) is 14.1. The zero-order valence-electron chi connectivity index (χ0n) is 13.9. The second-order valence-corrected chi connectivity index (χ2v) is 9.31. The molecule has 5 nitrogen and oxygen atoms in total. The lowest BCUT2D eigenvalue weighted by molar-refractivity contribution is 0.0934. The molecule has 1 amide bonds. The number of thiocarbonyl (C=S) groups is 1. The van der Waals surface area contributed by atoms with Gasteiger partial charge in [0.05, 0.1) is 7.11 Å². The number of hydrogen-bond donors (Lipinski definition) is 3. The number of benzene rings is 2. The van der Waals surface area contributed by atoms with E-state index >= 15 is 0 Å². The summed E-state index contributed by atoms with van der Waals surface area (Å²) in [6.45, 7) is 0. The zero-order chi connectivity index (χ0) is 20.0. The Balaban J connectivity index is 2.05. The maximum absolute atomic E-state index is 12.5. The van der Waals surface area contributed by atoms with Gasteiger partial charge in [0, 0.05) is 14.8 Å². The normalized spacial score (nSPS) is 12.0. The molecule has 0 radical (unpaired) electrons. The molecule has 0 saturated heterocycles. The molecule has 0 fully saturated rings. The molecule has 3 N–H and O–H groups in total. The van der Waals surface area contributed by atoms with Crippen LogP contribution in [-0.2, 0) is 0 Å². The van der Waals surface area contributed by atoms with Crippen LogP contribution < -0.4 is 20.7 Å². The first-order chi connectivity index (χ1) is 12.7. The summed E-state index contributed by atoms with van der Waals surface area (Å²) in [5.74, 6) is 0.313. The fourth-order valence-electron chi connectivity index (χ4n) is 2.02. The van der Waals surface area contributed by atoms with Gasteiger partial charge < -0.3 is 20.7 Å². The molecule has 0 aromatic heterocycles. The Bertz CT molecular complexity index is 816. The molecule has 2 aromatic rings. The average molecular weight is 559 g/mol. The van der Waals surface area contributed by atoms with Crippen molar-refractivity contribution in [2.75, 3.05) is 12.4 Å². The Morgan fingerprint density at radius 1 is 1.15 bits per heavy atom. The summed E-state index contributed by atoms with van der Waals surface area (Å²) >= 11 is 25.4. The molecule has 10 heteroatoms. The van der Waals surface area contributed by atoms with Gasteiger partial charge in [0.15, 0.2) is 5.11 Å². The van der Waals surface area contributed by atoms with Crippen molar-refractivity contribution >= 4 is 86.3 Å². The van der Waals surface area contributed by atoms with E-state index in [2.05, 4.69) is 38.5 Å². The summed E-state index contributed by atoms with van der Waals surface area (Å²) in [7, 11) is 1.58. The minimum Gasteiger partial charge on any atom is -0.497 e. The highest BCUT2D eigenvalue weighted by atomic mass is 127. The van der Waals surface area contributed by atoms with Crippen LogP contribution in [0.15, 0.2) is 48.5 Å². The van der Waals surface area contributed by atoms with E-state index in [1.165, 1.54) is 0 Å². The highest BCUT2D eigenvalue weighted by Gasteiger charge is 2.34. The predicted molar refractivity (Wildman–Crippen MR) is 123 cm³/mol. The predicted octanol–water partition coefficient (Wildman–Crippen LogP) is 4.71. The van der Waals surface area contributed by atoms with E-state index in [0.29, 0.717) is 17.0 Å². The molecule has 0 bridgehead atoms. The lowest BCUT2D eigenvalue weighted by atomic mass is 10.2. The van der Waals surface area contributed by atoms with E-state index in [9.17, 15) is 4.79 Å². The van der Waals surface area contributed by atoms with Gasteiger partial charge in [-0.2, -0.15) is 0 Å². The number of carbonyl (C=O) groups excluding carboxylic acids is 1.